The van der Waals surface area contributed by atoms with Gasteiger partial charge in [0.15, 0.2) is 0 Å². The normalized spacial score (nSPS) is 9.94. The van der Waals surface area contributed by atoms with Gasteiger partial charge in [0.25, 0.3) is 0 Å². The Bertz CT molecular complexity index is 320. The Balaban J connectivity index is 0.000000318. The first kappa shape index (κ1) is 15.4. The zero-order valence-corrected chi connectivity index (χ0v) is 10.0. The molecule has 0 fully saturated rings. The first-order chi connectivity index (χ1) is 7.08. The molecule has 0 heterocycles. The monoisotopic (exact) mass is 286 g/mol. The van der Waals surface area contributed by atoms with Crippen molar-refractivity contribution in [1.29, 1.82) is 0 Å². The molecule has 0 aliphatic rings. The molecule has 0 bridgehead atoms. The average Bonchev–Trinajstić information content (AvgIpc) is 2.71. The Morgan fingerprint density at radius 1 is 0.875 bits per heavy atom. The summed E-state index contributed by atoms with van der Waals surface area (Å²) in [4.78, 5) is 0.243. The molecule has 2 rings (SSSR count). The van der Waals surface area contributed by atoms with E-state index in [0.29, 0.717) is 0 Å². The fourth-order valence-corrected chi connectivity index (χ4v) is 1.44. The molecule has 0 N–H and O–H groups in total. The van der Waals surface area contributed by atoms with Gasteiger partial charge in [-0.25, -0.2) is 12.1 Å². The van der Waals surface area contributed by atoms with Crippen LogP contribution in [0, 0.1) is 0 Å². The van der Waals surface area contributed by atoms with E-state index in [9.17, 15) is 13.2 Å². The average molecular weight is 286 g/mol. The number of halogens is 3. The standard InChI is InChI=1S/C6H4F3S.C5H5.Fe/c7-6(8,9)10-5-3-1-2-4-5;1-2-4-5-3-1;/h1-4H;1-5H;/q-1;-5;. The minimum absolute atomic E-state index is 0. The van der Waals surface area contributed by atoms with Gasteiger partial charge in [-0.1, -0.05) is 16.7 Å². The van der Waals surface area contributed by atoms with Crippen molar-refractivity contribution in [3.8, 4) is 0 Å². The van der Waals surface area contributed by atoms with Crippen LogP contribution in [0.1, 0.15) is 0 Å². The summed E-state index contributed by atoms with van der Waals surface area (Å²) in [5, 5.41) is 0. The molecule has 0 atom stereocenters. The Kier molecular flexibility index (Phi) is 7.30. The first-order valence-electron chi connectivity index (χ1n) is 4.22. The second-order valence-electron chi connectivity index (χ2n) is 2.63. The zero-order chi connectivity index (χ0) is 11.1. The van der Waals surface area contributed by atoms with Crippen molar-refractivity contribution in [2.24, 2.45) is 0 Å². The van der Waals surface area contributed by atoms with Gasteiger partial charge < -0.3 is 30.3 Å². The maximum Gasteiger partial charge on any atom is 0.434 e. The van der Waals surface area contributed by atoms with Gasteiger partial charge in [-0.15, -0.1) is 0 Å². The van der Waals surface area contributed by atoms with Crippen molar-refractivity contribution in [2.75, 3.05) is 0 Å². The van der Waals surface area contributed by atoms with Gasteiger partial charge in [0.05, 0.1) is 0 Å². The molecule has 2 aromatic carbocycles. The van der Waals surface area contributed by atoms with E-state index in [0.717, 1.165) is 0 Å². The minimum Gasteiger partial charge on any atom is -0.748 e. The molecule has 0 aromatic heterocycles. The molecule has 0 saturated heterocycles. The van der Waals surface area contributed by atoms with Crippen molar-refractivity contribution >= 4 is 11.8 Å². The van der Waals surface area contributed by atoms with Crippen molar-refractivity contribution in [3.05, 3.63) is 54.6 Å². The van der Waals surface area contributed by atoms with Crippen molar-refractivity contribution in [1.82, 2.24) is 0 Å². The van der Waals surface area contributed by atoms with Gasteiger partial charge in [-0.05, 0) is 0 Å². The third-order valence-electron chi connectivity index (χ3n) is 1.42. The summed E-state index contributed by atoms with van der Waals surface area (Å²) in [5.41, 5.74) is -4.16. The predicted octanol–water partition coefficient (Wildman–Crippen LogP) is 4.42. The van der Waals surface area contributed by atoms with Crippen molar-refractivity contribution in [3.63, 3.8) is 0 Å². The molecule has 0 nitrogen and oxygen atoms in total. The maximum absolute atomic E-state index is 11.6. The van der Waals surface area contributed by atoms with Crippen LogP contribution in [0.4, 0.5) is 13.2 Å². The molecule has 5 heteroatoms. The van der Waals surface area contributed by atoms with Gasteiger partial charge in [-0.2, -0.15) is 25.3 Å². The number of thioether (sulfide) groups is 1. The molecule has 0 aliphatic carbocycles. The topological polar surface area (TPSA) is 0 Å². The molecular formula is C11H9F3FeS-6. The third kappa shape index (κ3) is 7.63. The summed E-state index contributed by atoms with van der Waals surface area (Å²) in [6.45, 7) is 0. The van der Waals surface area contributed by atoms with Crippen LogP contribution >= 0.6 is 11.8 Å². The molecule has 0 aliphatic heterocycles. The Labute approximate surface area is 107 Å². The summed E-state index contributed by atoms with van der Waals surface area (Å²) in [6.07, 6.45) is 0. The van der Waals surface area contributed by atoms with Crippen LogP contribution in [0.5, 0.6) is 0 Å². The molecule has 2 aromatic rings. The largest absolute Gasteiger partial charge is 0.748 e. The fourth-order valence-electron chi connectivity index (χ4n) is 0.879. The number of hydrogen-bond donors (Lipinski definition) is 0. The minimum atomic E-state index is -4.16. The Morgan fingerprint density at radius 3 is 1.56 bits per heavy atom. The second kappa shape index (κ2) is 7.60. The summed E-state index contributed by atoms with van der Waals surface area (Å²) in [6, 6.07) is 16.0. The molecule has 0 amide bonds. The summed E-state index contributed by atoms with van der Waals surface area (Å²) in [5.74, 6) is 0. The van der Waals surface area contributed by atoms with E-state index in [2.05, 4.69) is 0 Å². The summed E-state index contributed by atoms with van der Waals surface area (Å²) in [7, 11) is 0. The van der Waals surface area contributed by atoms with Crippen LogP contribution in [0.3, 0.4) is 0 Å². The molecule has 0 saturated carbocycles. The Morgan fingerprint density at radius 2 is 1.25 bits per heavy atom. The molecule has 16 heavy (non-hydrogen) atoms. The van der Waals surface area contributed by atoms with Gasteiger partial charge in [0.2, 0.25) is 0 Å². The van der Waals surface area contributed by atoms with Crippen molar-refractivity contribution in [2.45, 2.75) is 10.4 Å². The van der Waals surface area contributed by atoms with Crippen LogP contribution in [0.25, 0.3) is 0 Å². The molecule has 94 valence electrons. The number of hydrogen-bond acceptors (Lipinski definition) is 1. The summed E-state index contributed by atoms with van der Waals surface area (Å²) >= 11 is -0.0926. The van der Waals surface area contributed by atoms with Gasteiger partial charge in [0.1, 0.15) is 0 Å². The van der Waals surface area contributed by atoms with Gasteiger partial charge in [0, 0.05) is 17.1 Å². The van der Waals surface area contributed by atoms with Crippen molar-refractivity contribution < 1.29 is 30.2 Å². The van der Waals surface area contributed by atoms with E-state index >= 15 is 0 Å². The summed E-state index contributed by atoms with van der Waals surface area (Å²) < 4.78 is 34.7. The van der Waals surface area contributed by atoms with Crippen LogP contribution in [0.15, 0.2) is 59.5 Å². The zero-order valence-electron chi connectivity index (χ0n) is 8.09. The maximum atomic E-state index is 11.6. The number of alkyl halides is 3. The third-order valence-corrected chi connectivity index (χ3v) is 2.16. The van der Waals surface area contributed by atoms with E-state index in [-0.39, 0.29) is 33.7 Å². The van der Waals surface area contributed by atoms with Gasteiger partial charge >= 0.3 is 5.51 Å². The van der Waals surface area contributed by atoms with E-state index in [1.165, 1.54) is 12.1 Å². The first-order valence-corrected chi connectivity index (χ1v) is 5.04. The quantitative estimate of drug-likeness (QED) is 0.425. The fraction of sp³-hybridized carbons (Fsp3) is 0.0909. The molecule has 0 spiro atoms. The van der Waals surface area contributed by atoms with E-state index < -0.39 is 5.51 Å². The smallest absolute Gasteiger partial charge is 0.434 e. The SMILES string of the molecule is FC(F)(F)S[c-]1cccc1.[Fe].[cH-]1[cH-][cH-][cH-][cH-]1. The number of rotatable bonds is 1. The van der Waals surface area contributed by atoms with E-state index in [1.54, 1.807) is 12.1 Å². The van der Waals surface area contributed by atoms with Crippen LogP contribution in [-0.2, 0) is 17.1 Å². The van der Waals surface area contributed by atoms with Crippen LogP contribution < -0.4 is 0 Å². The molecular weight excluding hydrogens is 277 g/mol. The van der Waals surface area contributed by atoms with Crippen LogP contribution in [-0.4, -0.2) is 5.51 Å². The van der Waals surface area contributed by atoms with Crippen LogP contribution in [0.2, 0.25) is 0 Å². The van der Waals surface area contributed by atoms with Gasteiger partial charge in [-0.3, -0.25) is 0 Å². The molecule has 0 unspecified atom stereocenters. The molecule has 0 radical (unpaired) electrons. The second-order valence-corrected chi connectivity index (χ2v) is 3.77. The van der Waals surface area contributed by atoms with E-state index in [4.69, 9.17) is 0 Å². The predicted molar refractivity (Wildman–Crippen MR) is 56.0 cm³/mol. The van der Waals surface area contributed by atoms with E-state index in [1.807, 2.05) is 30.3 Å². The Hall–Kier alpha value is -0.641.